The van der Waals surface area contributed by atoms with Crippen LogP contribution in [-0.2, 0) is 22.2 Å². The number of sulfone groups is 1. The van der Waals surface area contributed by atoms with Gasteiger partial charge in [-0.25, -0.2) is 12.8 Å². The van der Waals surface area contributed by atoms with Crippen LogP contribution in [0, 0.1) is 0 Å². The van der Waals surface area contributed by atoms with Gasteiger partial charge in [0, 0.05) is 12.2 Å². The van der Waals surface area contributed by atoms with Gasteiger partial charge in [0.2, 0.25) is 14.8 Å². The highest BCUT2D eigenvalue weighted by Gasteiger charge is 2.48. The summed E-state index contributed by atoms with van der Waals surface area (Å²) in [6.07, 6.45) is -10.2. The molecule has 0 atom stereocenters. The zero-order valence-electron chi connectivity index (χ0n) is 16.7. The minimum Gasteiger partial charge on any atom is -0.349 e. The fourth-order valence-electron chi connectivity index (χ4n) is 3.48. The lowest BCUT2D eigenvalue weighted by Crippen LogP contribution is -2.45. The first-order valence-corrected chi connectivity index (χ1v) is 11.1. The molecule has 1 aromatic carbocycles. The molecule has 0 aliphatic heterocycles. The second kappa shape index (κ2) is 8.58. The van der Waals surface area contributed by atoms with Gasteiger partial charge in [-0.1, -0.05) is 6.07 Å². The van der Waals surface area contributed by atoms with Crippen molar-refractivity contribution in [3.63, 3.8) is 0 Å². The number of alkyl halides is 7. The van der Waals surface area contributed by atoms with Crippen molar-refractivity contribution in [2.24, 2.45) is 0 Å². The van der Waals surface area contributed by atoms with E-state index in [1.54, 1.807) is 0 Å². The number of rotatable bonds is 4. The zero-order valence-corrected chi connectivity index (χ0v) is 17.5. The van der Waals surface area contributed by atoms with Crippen LogP contribution in [0.25, 0.3) is 0 Å². The molecule has 0 unspecified atom stereocenters. The van der Waals surface area contributed by atoms with E-state index in [4.69, 9.17) is 0 Å². The molecule has 0 bridgehead atoms. The molecule has 1 heterocycles. The molecule has 1 N–H and O–H groups in total. The number of benzene rings is 1. The Morgan fingerprint density at radius 3 is 2.15 bits per heavy atom. The van der Waals surface area contributed by atoms with E-state index in [0.717, 1.165) is 24.4 Å². The standard InChI is InChI=1S/C20H17F7N2O3S/c21-18(33(31,32)15-3-1-2-13(10-15)19(22,23)24)8-6-14(7-9-18)29-17(30)12-4-5-16(28-11-12)20(25,26)27/h1-5,10-11,14H,6-9H2,(H,29,30). The second-order valence-electron chi connectivity index (χ2n) is 7.59. The van der Waals surface area contributed by atoms with E-state index in [0.29, 0.717) is 18.2 Å². The number of nitrogens with one attached hydrogen (secondary N) is 1. The van der Waals surface area contributed by atoms with Gasteiger partial charge >= 0.3 is 12.4 Å². The third kappa shape index (κ3) is 5.28. The third-order valence-corrected chi connectivity index (χ3v) is 7.58. The molecule has 1 aromatic heterocycles. The van der Waals surface area contributed by atoms with Crippen molar-refractivity contribution in [2.45, 2.75) is 54.0 Å². The molecule has 0 saturated heterocycles. The van der Waals surface area contributed by atoms with Gasteiger partial charge in [-0.15, -0.1) is 0 Å². The molecule has 3 rings (SSSR count). The molecule has 1 saturated carbocycles. The lowest BCUT2D eigenvalue weighted by molar-refractivity contribution is -0.141. The summed E-state index contributed by atoms with van der Waals surface area (Å²) in [7, 11) is -4.76. The lowest BCUT2D eigenvalue weighted by atomic mass is 9.93. The van der Waals surface area contributed by atoms with Crippen molar-refractivity contribution >= 4 is 15.7 Å². The van der Waals surface area contributed by atoms with Crippen molar-refractivity contribution < 1.29 is 43.9 Å². The van der Waals surface area contributed by atoms with Crippen LogP contribution in [0.4, 0.5) is 30.7 Å². The molecule has 2 aromatic rings. The summed E-state index contributed by atoms with van der Waals surface area (Å²) in [5.41, 5.74) is -2.58. The van der Waals surface area contributed by atoms with E-state index >= 15 is 4.39 Å². The Kier molecular flexibility index (Phi) is 6.48. The van der Waals surface area contributed by atoms with Crippen LogP contribution >= 0.6 is 0 Å². The Bertz CT molecular complexity index is 1120. The summed E-state index contributed by atoms with van der Waals surface area (Å²) in [6, 6.07) is 3.69. The number of hydrogen-bond acceptors (Lipinski definition) is 4. The minimum atomic E-state index is -4.80. The topological polar surface area (TPSA) is 76.1 Å². The molecule has 5 nitrogen and oxygen atoms in total. The first kappa shape index (κ1) is 24.9. The zero-order chi connectivity index (χ0) is 24.7. The van der Waals surface area contributed by atoms with Crippen LogP contribution in [0.1, 0.15) is 47.3 Å². The Morgan fingerprint density at radius 1 is 1.00 bits per heavy atom. The smallest absolute Gasteiger partial charge is 0.349 e. The number of amides is 1. The fourth-order valence-corrected chi connectivity index (χ4v) is 5.21. The van der Waals surface area contributed by atoms with Crippen LogP contribution < -0.4 is 5.32 Å². The summed E-state index contributed by atoms with van der Waals surface area (Å²) < 4.78 is 117. The van der Waals surface area contributed by atoms with E-state index in [1.807, 2.05) is 0 Å². The van der Waals surface area contributed by atoms with Gasteiger partial charge in [0.05, 0.1) is 16.0 Å². The van der Waals surface area contributed by atoms with Gasteiger partial charge in [-0.05, 0) is 56.0 Å². The van der Waals surface area contributed by atoms with Crippen LogP contribution in [0.3, 0.4) is 0 Å². The van der Waals surface area contributed by atoms with Gasteiger partial charge in [0.1, 0.15) is 5.69 Å². The first-order chi connectivity index (χ1) is 15.1. The predicted octanol–water partition coefficient (Wildman–Crippen LogP) is 4.93. The maximum atomic E-state index is 15.4. The number of pyridine rings is 1. The van der Waals surface area contributed by atoms with Crippen molar-refractivity contribution in [1.29, 1.82) is 0 Å². The molecule has 1 fully saturated rings. The first-order valence-electron chi connectivity index (χ1n) is 9.58. The highest BCUT2D eigenvalue weighted by molar-refractivity contribution is 7.92. The van der Waals surface area contributed by atoms with Gasteiger partial charge < -0.3 is 5.32 Å². The minimum absolute atomic E-state index is 0.144. The average molecular weight is 498 g/mol. The number of carbonyl (C=O) groups is 1. The third-order valence-electron chi connectivity index (χ3n) is 5.34. The van der Waals surface area contributed by atoms with Crippen molar-refractivity contribution in [2.75, 3.05) is 0 Å². The maximum Gasteiger partial charge on any atom is 0.433 e. The Hall–Kier alpha value is -2.70. The van der Waals surface area contributed by atoms with Gasteiger partial charge in [-0.2, -0.15) is 26.3 Å². The molecule has 1 aliphatic carbocycles. The average Bonchev–Trinajstić information content (AvgIpc) is 2.74. The molecule has 0 radical (unpaired) electrons. The quantitative estimate of drug-likeness (QED) is 0.607. The number of aromatic nitrogens is 1. The van der Waals surface area contributed by atoms with E-state index in [1.165, 1.54) is 0 Å². The van der Waals surface area contributed by atoms with Crippen molar-refractivity contribution in [1.82, 2.24) is 10.3 Å². The number of halogens is 7. The van der Waals surface area contributed by atoms with Crippen LogP contribution in [-0.4, -0.2) is 30.4 Å². The van der Waals surface area contributed by atoms with Gasteiger partial charge in [0.25, 0.3) is 5.91 Å². The van der Waals surface area contributed by atoms with Crippen molar-refractivity contribution in [3.05, 3.63) is 59.4 Å². The maximum absolute atomic E-state index is 15.4. The lowest BCUT2D eigenvalue weighted by Gasteiger charge is -2.34. The molecular formula is C20H17F7N2O3S. The Morgan fingerprint density at radius 2 is 1.64 bits per heavy atom. The van der Waals surface area contributed by atoms with Crippen LogP contribution in [0.15, 0.2) is 47.5 Å². The summed E-state index contributed by atoms with van der Waals surface area (Å²) in [4.78, 5) is 14.6. The molecule has 1 aliphatic rings. The normalized spacial score (nSPS) is 22.1. The predicted molar refractivity (Wildman–Crippen MR) is 101 cm³/mol. The van der Waals surface area contributed by atoms with E-state index in [2.05, 4.69) is 10.3 Å². The number of carbonyl (C=O) groups excluding carboxylic acids is 1. The highest BCUT2D eigenvalue weighted by atomic mass is 32.2. The summed E-state index contributed by atoms with van der Waals surface area (Å²) in [5, 5.41) is -0.344. The highest BCUT2D eigenvalue weighted by Crippen LogP contribution is 2.41. The molecule has 13 heteroatoms. The largest absolute Gasteiger partial charge is 0.433 e. The van der Waals surface area contributed by atoms with Crippen molar-refractivity contribution in [3.8, 4) is 0 Å². The van der Waals surface area contributed by atoms with Crippen LogP contribution in [0.2, 0.25) is 0 Å². The SMILES string of the molecule is O=C(NC1CCC(F)(S(=O)(=O)c2cccc(C(F)(F)F)c2)CC1)c1ccc(C(F)(F)F)nc1. The summed E-state index contributed by atoms with van der Waals surface area (Å²) in [6.45, 7) is 0. The summed E-state index contributed by atoms with van der Waals surface area (Å²) >= 11 is 0. The summed E-state index contributed by atoms with van der Waals surface area (Å²) in [5.74, 6) is -0.770. The van der Waals surface area contributed by atoms with E-state index in [-0.39, 0.29) is 18.4 Å². The Labute approximate surface area is 183 Å². The number of nitrogens with zero attached hydrogens (tertiary/aromatic N) is 1. The number of hydrogen-bond donors (Lipinski definition) is 1. The molecule has 1 amide bonds. The van der Waals surface area contributed by atoms with Gasteiger partial charge in [0.15, 0.2) is 0 Å². The molecule has 33 heavy (non-hydrogen) atoms. The fraction of sp³-hybridized carbons (Fsp3) is 0.400. The second-order valence-corrected chi connectivity index (χ2v) is 9.80. The Balaban J connectivity index is 1.67. The monoisotopic (exact) mass is 498 g/mol. The molecule has 180 valence electrons. The molecular weight excluding hydrogens is 481 g/mol. The van der Waals surface area contributed by atoms with E-state index < -0.39 is 68.1 Å². The van der Waals surface area contributed by atoms with Crippen LogP contribution in [0.5, 0.6) is 0 Å². The van der Waals surface area contributed by atoms with E-state index in [9.17, 15) is 39.6 Å². The molecule has 0 spiro atoms. The van der Waals surface area contributed by atoms with Gasteiger partial charge in [-0.3, -0.25) is 9.78 Å².